The Morgan fingerprint density at radius 1 is 1.61 bits per heavy atom. The van der Waals surface area contributed by atoms with Gasteiger partial charge in [0.25, 0.3) is 0 Å². The summed E-state index contributed by atoms with van der Waals surface area (Å²) in [5.74, 6) is 0.918. The third kappa shape index (κ3) is 2.82. The van der Waals surface area contributed by atoms with Gasteiger partial charge >= 0.3 is 0 Å². The molecule has 2 rings (SSSR count). The predicted molar refractivity (Wildman–Crippen MR) is 78.3 cm³/mol. The van der Waals surface area contributed by atoms with Crippen molar-refractivity contribution >= 4 is 17.3 Å². The fourth-order valence-electron chi connectivity index (χ4n) is 2.04. The standard InChI is InChI=1S/C14H19N3S/c1-3-6-12(13-7-5-11-18-13)17-10-9-16-14(17)15-8-4-2/h4-5,7,9-12H,2-3,6,8H2,1H3,(H,15,16). The highest BCUT2D eigenvalue weighted by Gasteiger charge is 2.16. The number of rotatable bonds is 7. The largest absolute Gasteiger partial charge is 0.352 e. The number of nitrogens with one attached hydrogen (secondary N) is 1. The fourth-order valence-corrected chi connectivity index (χ4v) is 2.90. The number of thiophene rings is 1. The third-order valence-corrected chi connectivity index (χ3v) is 3.82. The van der Waals surface area contributed by atoms with Crippen LogP contribution in [0.2, 0.25) is 0 Å². The van der Waals surface area contributed by atoms with E-state index < -0.39 is 0 Å². The molecule has 0 saturated heterocycles. The van der Waals surface area contributed by atoms with Gasteiger partial charge in [0.1, 0.15) is 0 Å². The van der Waals surface area contributed by atoms with Crippen molar-refractivity contribution in [3.8, 4) is 0 Å². The molecular formula is C14H19N3S. The maximum Gasteiger partial charge on any atom is 0.203 e. The number of hydrogen-bond donors (Lipinski definition) is 1. The molecule has 18 heavy (non-hydrogen) atoms. The van der Waals surface area contributed by atoms with Gasteiger partial charge in [0.15, 0.2) is 0 Å². The normalized spacial score (nSPS) is 12.3. The zero-order valence-corrected chi connectivity index (χ0v) is 11.5. The first-order valence-electron chi connectivity index (χ1n) is 6.27. The van der Waals surface area contributed by atoms with Crippen molar-refractivity contribution in [3.63, 3.8) is 0 Å². The van der Waals surface area contributed by atoms with Crippen LogP contribution in [0.15, 0.2) is 42.6 Å². The van der Waals surface area contributed by atoms with Crippen LogP contribution in [0.25, 0.3) is 0 Å². The van der Waals surface area contributed by atoms with Crippen molar-refractivity contribution in [1.82, 2.24) is 9.55 Å². The summed E-state index contributed by atoms with van der Waals surface area (Å²) < 4.78 is 2.22. The lowest BCUT2D eigenvalue weighted by molar-refractivity contribution is 0.545. The van der Waals surface area contributed by atoms with Crippen LogP contribution in [0.3, 0.4) is 0 Å². The van der Waals surface area contributed by atoms with Crippen molar-refractivity contribution in [2.45, 2.75) is 25.8 Å². The van der Waals surface area contributed by atoms with E-state index in [-0.39, 0.29) is 0 Å². The first-order valence-corrected chi connectivity index (χ1v) is 7.15. The van der Waals surface area contributed by atoms with Crippen LogP contribution in [0.1, 0.15) is 30.7 Å². The van der Waals surface area contributed by atoms with Gasteiger partial charge in [0.2, 0.25) is 5.95 Å². The zero-order valence-electron chi connectivity index (χ0n) is 10.7. The highest BCUT2D eigenvalue weighted by atomic mass is 32.1. The molecule has 0 saturated carbocycles. The van der Waals surface area contributed by atoms with E-state index in [1.165, 1.54) is 4.88 Å². The maximum absolute atomic E-state index is 4.38. The number of imidazole rings is 1. The van der Waals surface area contributed by atoms with Gasteiger partial charge in [-0.05, 0) is 17.9 Å². The van der Waals surface area contributed by atoms with E-state index in [0.29, 0.717) is 6.04 Å². The summed E-state index contributed by atoms with van der Waals surface area (Å²) in [5.41, 5.74) is 0. The molecule has 0 aliphatic heterocycles. The lowest BCUT2D eigenvalue weighted by atomic mass is 10.1. The van der Waals surface area contributed by atoms with Crippen molar-refractivity contribution in [2.75, 3.05) is 11.9 Å². The molecule has 1 atom stereocenters. The van der Waals surface area contributed by atoms with E-state index in [2.05, 4.69) is 45.9 Å². The second-order valence-electron chi connectivity index (χ2n) is 4.15. The minimum absolute atomic E-state index is 0.379. The maximum atomic E-state index is 4.38. The van der Waals surface area contributed by atoms with Crippen LogP contribution in [-0.4, -0.2) is 16.1 Å². The van der Waals surface area contributed by atoms with Gasteiger partial charge in [-0.25, -0.2) is 4.98 Å². The molecule has 1 unspecified atom stereocenters. The van der Waals surface area contributed by atoms with E-state index >= 15 is 0 Å². The average molecular weight is 261 g/mol. The number of anilines is 1. The van der Waals surface area contributed by atoms with Gasteiger partial charge in [-0.15, -0.1) is 17.9 Å². The Balaban J connectivity index is 2.25. The Morgan fingerprint density at radius 2 is 2.50 bits per heavy atom. The summed E-state index contributed by atoms with van der Waals surface area (Å²) in [6, 6.07) is 4.68. The number of aromatic nitrogens is 2. The summed E-state index contributed by atoms with van der Waals surface area (Å²) in [5, 5.41) is 5.41. The first kappa shape index (κ1) is 12.9. The van der Waals surface area contributed by atoms with Crippen LogP contribution in [0.4, 0.5) is 5.95 Å². The quantitative estimate of drug-likeness (QED) is 0.765. The molecule has 0 aliphatic rings. The smallest absolute Gasteiger partial charge is 0.203 e. The predicted octanol–water partition coefficient (Wildman–Crippen LogP) is 3.93. The van der Waals surface area contributed by atoms with E-state index in [0.717, 1.165) is 25.3 Å². The molecule has 4 heteroatoms. The third-order valence-electron chi connectivity index (χ3n) is 2.84. The van der Waals surface area contributed by atoms with Crippen LogP contribution < -0.4 is 5.32 Å². The zero-order chi connectivity index (χ0) is 12.8. The first-order chi connectivity index (χ1) is 8.86. The highest BCUT2D eigenvalue weighted by molar-refractivity contribution is 7.10. The second kappa shape index (κ2) is 6.40. The molecule has 2 aromatic rings. The van der Waals surface area contributed by atoms with E-state index in [4.69, 9.17) is 0 Å². The average Bonchev–Trinajstić information content (AvgIpc) is 3.04. The van der Waals surface area contributed by atoms with Crippen molar-refractivity contribution in [1.29, 1.82) is 0 Å². The number of hydrogen-bond acceptors (Lipinski definition) is 3. The van der Waals surface area contributed by atoms with Crippen molar-refractivity contribution in [2.24, 2.45) is 0 Å². The fraction of sp³-hybridized carbons (Fsp3) is 0.357. The molecule has 2 heterocycles. The van der Waals surface area contributed by atoms with Crippen molar-refractivity contribution < 1.29 is 0 Å². The molecule has 0 bridgehead atoms. The SMILES string of the molecule is C=CCNc1nccn1C(CCC)c1cccs1. The Morgan fingerprint density at radius 3 is 3.17 bits per heavy atom. The minimum Gasteiger partial charge on any atom is -0.352 e. The van der Waals surface area contributed by atoms with E-state index in [1.54, 1.807) is 11.3 Å². The minimum atomic E-state index is 0.379. The molecule has 1 N–H and O–H groups in total. The van der Waals surface area contributed by atoms with Crippen LogP contribution >= 0.6 is 11.3 Å². The second-order valence-corrected chi connectivity index (χ2v) is 5.13. The number of nitrogens with zero attached hydrogens (tertiary/aromatic N) is 2. The topological polar surface area (TPSA) is 29.9 Å². The summed E-state index contributed by atoms with van der Waals surface area (Å²) in [6.45, 7) is 6.68. The molecule has 0 aromatic carbocycles. The molecule has 0 amide bonds. The Kier molecular flexibility index (Phi) is 4.59. The molecule has 2 aromatic heterocycles. The molecule has 3 nitrogen and oxygen atoms in total. The molecule has 0 fully saturated rings. The van der Waals surface area contributed by atoms with Crippen LogP contribution in [-0.2, 0) is 0 Å². The Hall–Kier alpha value is -1.55. The van der Waals surface area contributed by atoms with Gasteiger partial charge in [-0.2, -0.15) is 0 Å². The lowest BCUT2D eigenvalue weighted by Crippen LogP contribution is -2.13. The van der Waals surface area contributed by atoms with Gasteiger partial charge in [0.05, 0.1) is 6.04 Å². The molecule has 0 spiro atoms. The Bertz CT molecular complexity index is 473. The lowest BCUT2D eigenvalue weighted by Gasteiger charge is -2.19. The van der Waals surface area contributed by atoms with Gasteiger partial charge in [-0.3, -0.25) is 0 Å². The molecule has 0 aliphatic carbocycles. The van der Waals surface area contributed by atoms with Gasteiger partial charge in [-0.1, -0.05) is 25.5 Å². The van der Waals surface area contributed by atoms with Crippen LogP contribution in [0, 0.1) is 0 Å². The molecular weight excluding hydrogens is 242 g/mol. The summed E-state index contributed by atoms with van der Waals surface area (Å²) in [6.07, 6.45) is 8.02. The molecule has 0 radical (unpaired) electrons. The summed E-state index contributed by atoms with van der Waals surface area (Å²) in [4.78, 5) is 5.76. The Labute approximate surface area is 112 Å². The summed E-state index contributed by atoms with van der Waals surface area (Å²) in [7, 11) is 0. The van der Waals surface area contributed by atoms with E-state index in [9.17, 15) is 0 Å². The van der Waals surface area contributed by atoms with Crippen molar-refractivity contribution in [3.05, 3.63) is 47.4 Å². The van der Waals surface area contributed by atoms with Crippen LogP contribution in [0.5, 0.6) is 0 Å². The van der Waals surface area contributed by atoms with E-state index in [1.807, 2.05) is 18.5 Å². The monoisotopic (exact) mass is 261 g/mol. The van der Waals surface area contributed by atoms with Gasteiger partial charge < -0.3 is 9.88 Å². The molecule has 96 valence electrons. The highest BCUT2D eigenvalue weighted by Crippen LogP contribution is 2.29. The van der Waals surface area contributed by atoms with Gasteiger partial charge in [0, 0.05) is 23.8 Å². The summed E-state index contributed by atoms with van der Waals surface area (Å²) >= 11 is 1.81.